The second-order valence-electron chi connectivity index (χ2n) is 5.84. The van der Waals surface area contributed by atoms with Crippen molar-refractivity contribution in [2.75, 3.05) is 24.3 Å². The molecular formula is C19H23FN2O3S3. The fourth-order valence-corrected chi connectivity index (χ4v) is 4.95. The molecule has 0 radical (unpaired) electrons. The van der Waals surface area contributed by atoms with Crippen molar-refractivity contribution in [1.29, 1.82) is 0 Å². The highest BCUT2D eigenvalue weighted by Crippen LogP contribution is 2.16. The minimum Gasteiger partial charge on any atom is -0.354 e. The van der Waals surface area contributed by atoms with Crippen molar-refractivity contribution in [1.82, 2.24) is 10.0 Å². The Bertz CT molecular complexity index is 864. The summed E-state index contributed by atoms with van der Waals surface area (Å²) >= 11 is 3.10. The number of carbonyl (C=O) groups is 1. The zero-order valence-electron chi connectivity index (χ0n) is 15.4. The number of carbonyl (C=O) groups excluding carboxylic acids is 1. The largest absolute Gasteiger partial charge is 0.354 e. The van der Waals surface area contributed by atoms with Crippen LogP contribution in [0.4, 0.5) is 4.39 Å². The fraction of sp³-hybridized carbons (Fsp3) is 0.316. The molecule has 0 spiro atoms. The molecule has 2 aromatic rings. The third-order valence-electron chi connectivity index (χ3n) is 3.76. The normalized spacial score (nSPS) is 12.5. The van der Waals surface area contributed by atoms with Crippen molar-refractivity contribution in [3.63, 3.8) is 0 Å². The van der Waals surface area contributed by atoms with E-state index in [1.54, 1.807) is 11.8 Å². The summed E-state index contributed by atoms with van der Waals surface area (Å²) in [4.78, 5) is 13.1. The van der Waals surface area contributed by atoms with E-state index in [4.69, 9.17) is 0 Å². The molecule has 0 aromatic heterocycles. The maximum atomic E-state index is 13.9. The molecule has 2 rings (SSSR count). The van der Waals surface area contributed by atoms with Crippen LogP contribution in [0.15, 0.2) is 64.4 Å². The average Bonchev–Trinajstić information content (AvgIpc) is 2.69. The molecular weight excluding hydrogens is 419 g/mol. The van der Waals surface area contributed by atoms with Crippen LogP contribution in [0.25, 0.3) is 0 Å². The Morgan fingerprint density at radius 1 is 1.07 bits per heavy atom. The SMILES string of the molecule is CSCCC(NS(=O)(=O)c1ccccc1F)C(=O)NCCSc1ccccc1. The van der Waals surface area contributed by atoms with Gasteiger partial charge in [-0.3, -0.25) is 4.79 Å². The first-order valence-electron chi connectivity index (χ1n) is 8.65. The van der Waals surface area contributed by atoms with Crippen LogP contribution < -0.4 is 10.0 Å². The monoisotopic (exact) mass is 442 g/mol. The number of hydrogen-bond donors (Lipinski definition) is 2. The first-order valence-corrected chi connectivity index (χ1v) is 12.5. The molecule has 2 aromatic carbocycles. The Hall–Kier alpha value is -1.55. The van der Waals surface area contributed by atoms with Gasteiger partial charge in [0.1, 0.15) is 16.8 Å². The van der Waals surface area contributed by atoms with Gasteiger partial charge in [-0.25, -0.2) is 12.8 Å². The van der Waals surface area contributed by atoms with E-state index in [-0.39, 0.29) is 0 Å². The van der Waals surface area contributed by atoms with Gasteiger partial charge in [-0.05, 0) is 42.7 Å². The second-order valence-corrected chi connectivity index (χ2v) is 9.67. The molecule has 5 nitrogen and oxygen atoms in total. The van der Waals surface area contributed by atoms with Crippen molar-refractivity contribution in [3.8, 4) is 0 Å². The zero-order chi connectivity index (χ0) is 20.4. The third kappa shape index (κ3) is 7.12. The Balaban J connectivity index is 1.95. The maximum Gasteiger partial charge on any atom is 0.244 e. The summed E-state index contributed by atoms with van der Waals surface area (Å²) in [7, 11) is -4.14. The minimum absolute atomic E-state index is 0.312. The molecule has 2 N–H and O–H groups in total. The number of benzene rings is 2. The van der Waals surface area contributed by atoms with E-state index in [2.05, 4.69) is 10.0 Å². The average molecular weight is 443 g/mol. The van der Waals surface area contributed by atoms with E-state index in [0.29, 0.717) is 24.5 Å². The van der Waals surface area contributed by atoms with Crippen molar-refractivity contribution >= 4 is 39.5 Å². The lowest BCUT2D eigenvalue weighted by Crippen LogP contribution is -2.47. The standard InChI is InChI=1S/C19H23FN2O3S3/c1-26-13-11-17(22-28(24,25)18-10-6-5-9-16(18)20)19(23)21-12-14-27-15-7-3-2-4-8-15/h2-10,17,22H,11-14H2,1H3,(H,21,23). The van der Waals surface area contributed by atoms with Gasteiger partial charge in [0.15, 0.2) is 0 Å². The van der Waals surface area contributed by atoms with E-state index >= 15 is 0 Å². The molecule has 0 aliphatic heterocycles. The van der Waals surface area contributed by atoms with Gasteiger partial charge in [0.05, 0.1) is 0 Å². The van der Waals surface area contributed by atoms with Crippen LogP contribution in [0.1, 0.15) is 6.42 Å². The molecule has 152 valence electrons. The molecule has 9 heteroatoms. The van der Waals surface area contributed by atoms with Gasteiger partial charge in [-0.1, -0.05) is 30.3 Å². The number of halogens is 1. The lowest BCUT2D eigenvalue weighted by molar-refractivity contribution is -0.122. The van der Waals surface area contributed by atoms with Crippen LogP contribution in [0.3, 0.4) is 0 Å². The summed E-state index contributed by atoms with van der Waals surface area (Å²) in [5.74, 6) is -0.0113. The summed E-state index contributed by atoms with van der Waals surface area (Å²) in [6, 6.07) is 13.9. The number of amides is 1. The maximum absolute atomic E-state index is 13.9. The Kier molecular flexibility index (Phi) is 9.30. The lowest BCUT2D eigenvalue weighted by Gasteiger charge is -2.18. The smallest absolute Gasteiger partial charge is 0.244 e. The quantitative estimate of drug-likeness (QED) is 0.413. The van der Waals surface area contributed by atoms with Crippen LogP contribution >= 0.6 is 23.5 Å². The minimum atomic E-state index is -4.14. The summed E-state index contributed by atoms with van der Waals surface area (Å²) < 4.78 is 41.2. The highest BCUT2D eigenvalue weighted by Gasteiger charge is 2.27. The van der Waals surface area contributed by atoms with E-state index in [1.807, 2.05) is 36.6 Å². The highest BCUT2D eigenvalue weighted by atomic mass is 32.2. The van der Waals surface area contributed by atoms with Crippen molar-refractivity contribution < 1.29 is 17.6 Å². The summed E-state index contributed by atoms with van der Waals surface area (Å²) in [6.07, 6.45) is 2.18. The number of nitrogens with one attached hydrogen (secondary N) is 2. The highest BCUT2D eigenvalue weighted by molar-refractivity contribution is 7.99. The fourth-order valence-electron chi connectivity index (χ4n) is 2.38. The van der Waals surface area contributed by atoms with Gasteiger partial charge >= 0.3 is 0 Å². The van der Waals surface area contributed by atoms with E-state index in [9.17, 15) is 17.6 Å². The van der Waals surface area contributed by atoms with Gasteiger partial charge in [0.2, 0.25) is 15.9 Å². The zero-order valence-corrected chi connectivity index (χ0v) is 17.9. The molecule has 0 heterocycles. The van der Waals surface area contributed by atoms with E-state index in [1.165, 1.54) is 30.0 Å². The van der Waals surface area contributed by atoms with Crippen LogP contribution in [0.2, 0.25) is 0 Å². The van der Waals surface area contributed by atoms with Gasteiger partial charge in [-0.15, -0.1) is 11.8 Å². The van der Waals surface area contributed by atoms with E-state index < -0.39 is 32.7 Å². The van der Waals surface area contributed by atoms with Crippen LogP contribution in [0, 0.1) is 5.82 Å². The molecule has 1 amide bonds. The van der Waals surface area contributed by atoms with Crippen LogP contribution in [-0.4, -0.2) is 44.7 Å². The first kappa shape index (κ1) is 22.7. The first-order chi connectivity index (χ1) is 13.4. The molecule has 0 fully saturated rings. The van der Waals surface area contributed by atoms with Crippen LogP contribution in [-0.2, 0) is 14.8 Å². The topological polar surface area (TPSA) is 75.3 Å². The number of thioether (sulfide) groups is 2. The van der Waals surface area contributed by atoms with Gasteiger partial charge in [0.25, 0.3) is 0 Å². The lowest BCUT2D eigenvalue weighted by atomic mass is 10.2. The van der Waals surface area contributed by atoms with Gasteiger partial charge in [-0.2, -0.15) is 16.5 Å². The predicted octanol–water partition coefficient (Wildman–Crippen LogP) is 3.13. The Morgan fingerprint density at radius 3 is 2.43 bits per heavy atom. The van der Waals surface area contributed by atoms with Crippen molar-refractivity contribution in [2.24, 2.45) is 0 Å². The molecule has 0 aliphatic carbocycles. The summed E-state index contributed by atoms with van der Waals surface area (Å²) in [5, 5.41) is 2.76. The molecule has 1 unspecified atom stereocenters. The number of hydrogen-bond acceptors (Lipinski definition) is 5. The molecule has 28 heavy (non-hydrogen) atoms. The van der Waals surface area contributed by atoms with E-state index in [0.717, 1.165) is 11.0 Å². The predicted molar refractivity (Wildman–Crippen MR) is 114 cm³/mol. The van der Waals surface area contributed by atoms with Crippen molar-refractivity contribution in [2.45, 2.75) is 22.3 Å². The third-order valence-corrected chi connectivity index (χ3v) is 6.93. The van der Waals surface area contributed by atoms with Crippen molar-refractivity contribution in [3.05, 3.63) is 60.4 Å². The Labute approximate surface area is 173 Å². The number of rotatable bonds is 11. The van der Waals surface area contributed by atoms with Gasteiger partial charge < -0.3 is 5.32 Å². The second kappa shape index (κ2) is 11.5. The summed E-state index contributed by atoms with van der Waals surface area (Å²) in [5.41, 5.74) is 0. The molecule has 0 saturated heterocycles. The molecule has 1 atom stereocenters. The molecule has 0 saturated carbocycles. The molecule has 0 aliphatic rings. The summed E-state index contributed by atoms with van der Waals surface area (Å²) in [6.45, 7) is 0.398. The Morgan fingerprint density at radius 2 is 1.75 bits per heavy atom. The van der Waals surface area contributed by atoms with Gasteiger partial charge in [0, 0.05) is 17.2 Å². The molecule has 0 bridgehead atoms. The number of sulfonamides is 1. The van der Waals surface area contributed by atoms with Crippen LogP contribution in [0.5, 0.6) is 0 Å².